The molecule has 2 aromatic rings. The Morgan fingerprint density at radius 3 is 2.59 bits per heavy atom. The summed E-state index contributed by atoms with van der Waals surface area (Å²) in [5.41, 5.74) is 1.50. The second kappa shape index (κ2) is 7.56. The zero-order valence-electron chi connectivity index (χ0n) is 12.4. The van der Waals surface area contributed by atoms with Gasteiger partial charge in [0.15, 0.2) is 0 Å². The van der Waals surface area contributed by atoms with Gasteiger partial charge in [-0.3, -0.25) is 10.1 Å². The van der Waals surface area contributed by atoms with E-state index >= 15 is 0 Å². The van der Waals surface area contributed by atoms with Crippen LogP contribution in [0.2, 0.25) is 0 Å². The molecule has 0 bridgehead atoms. The Bertz CT molecular complexity index is 628. The molecule has 0 fully saturated rings. The van der Waals surface area contributed by atoms with Gasteiger partial charge in [-0.1, -0.05) is 43.7 Å². The minimum absolute atomic E-state index is 0.0458. The number of benzene rings is 2. The van der Waals surface area contributed by atoms with E-state index in [1.165, 1.54) is 12.1 Å². The SMILES string of the molecule is CCCC(O)c1ccc([N+](=O)[O-])cc1OCc1ccccc1. The third-order valence-corrected chi connectivity index (χ3v) is 3.37. The lowest BCUT2D eigenvalue weighted by Gasteiger charge is -2.15. The van der Waals surface area contributed by atoms with Gasteiger partial charge >= 0.3 is 0 Å². The van der Waals surface area contributed by atoms with E-state index in [1.54, 1.807) is 6.07 Å². The second-order valence-corrected chi connectivity index (χ2v) is 5.06. The third kappa shape index (κ3) is 4.05. The van der Waals surface area contributed by atoms with Gasteiger partial charge in [0.05, 0.1) is 17.1 Å². The van der Waals surface area contributed by atoms with Crippen molar-refractivity contribution in [1.29, 1.82) is 0 Å². The molecule has 0 aliphatic rings. The molecule has 1 unspecified atom stereocenters. The molecule has 0 aromatic heterocycles. The lowest BCUT2D eigenvalue weighted by Crippen LogP contribution is -2.04. The molecule has 0 saturated carbocycles. The number of hydrogen-bond acceptors (Lipinski definition) is 4. The molecular weight excluding hydrogens is 282 g/mol. The highest BCUT2D eigenvalue weighted by Crippen LogP contribution is 2.32. The van der Waals surface area contributed by atoms with Crippen LogP contribution in [0.5, 0.6) is 5.75 Å². The average Bonchev–Trinajstić information content (AvgIpc) is 2.53. The van der Waals surface area contributed by atoms with Crippen LogP contribution in [0.3, 0.4) is 0 Å². The van der Waals surface area contributed by atoms with Gasteiger partial charge in [-0.25, -0.2) is 0 Å². The number of nitro groups is 1. The molecule has 0 aliphatic heterocycles. The van der Waals surface area contributed by atoms with Crippen LogP contribution in [0.15, 0.2) is 48.5 Å². The Kier molecular flexibility index (Phi) is 5.49. The quantitative estimate of drug-likeness (QED) is 0.619. The van der Waals surface area contributed by atoms with Gasteiger partial charge in [-0.05, 0) is 18.1 Å². The molecule has 0 saturated heterocycles. The van der Waals surface area contributed by atoms with Crippen molar-refractivity contribution < 1.29 is 14.8 Å². The number of ether oxygens (including phenoxy) is 1. The van der Waals surface area contributed by atoms with Crippen LogP contribution >= 0.6 is 0 Å². The Morgan fingerprint density at radius 2 is 1.95 bits per heavy atom. The van der Waals surface area contributed by atoms with Crippen molar-refractivity contribution in [3.05, 3.63) is 69.8 Å². The lowest BCUT2D eigenvalue weighted by molar-refractivity contribution is -0.385. The molecule has 0 spiro atoms. The first-order valence-corrected chi connectivity index (χ1v) is 7.25. The smallest absolute Gasteiger partial charge is 0.273 e. The molecule has 0 amide bonds. The number of non-ortho nitro benzene ring substituents is 1. The van der Waals surface area contributed by atoms with E-state index in [0.717, 1.165) is 12.0 Å². The summed E-state index contributed by atoms with van der Waals surface area (Å²) in [4.78, 5) is 10.5. The Balaban J connectivity index is 2.24. The largest absolute Gasteiger partial charge is 0.488 e. The van der Waals surface area contributed by atoms with E-state index in [2.05, 4.69) is 0 Å². The van der Waals surface area contributed by atoms with E-state index in [9.17, 15) is 15.2 Å². The molecule has 0 aliphatic carbocycles. The number of rotatable bonds is 7. The lowest BCUT2D eigenvalue weighted by atomic mass is 10.0. The van der Waals surface area contributed by atoms with Crippen molar-refractivity contribution in [2.45, 2.75) is 32.5 Å². The number of nitrogens with zero attached hydrogens (tertiary/aromatic N) is 1. The number of hydrogen-bond donors (Lipinski definition) is 1. The Hall–Kier alpha value is -2.40. The molecule has 5 nitrogen and oxygen atoms in total. The fourth-order valence-electron chi connectivity index (χ4n) is 2.20. The van der Waals surface area contributed by atoms with Crippen molar-refractivity contribution in [2.24, 2.45) is 0 Å². The van der Waals surface area contributed by atoms with Gasteiger partial charge in [0, 0.05) is 11.6 Å². The normalized spacial score (nSPS) is 11.9. The highest BCUT2D eigenvalue weighted by molar-refractivity contribution is 5.45. The first-order chi connectivity index (χ1) is 10.6. The molecular formula is C17H19NO4. The fraction of sp³-hybridized carbons (Fsp3) is 0.294. The van der Waals surface area contributed by atoms with Gasteiger partial charge in [-0.15, -0.1) is 0 Å². The van der Waals surface area contributed by atoms with E-state index < -0.39 is 11.0 Å². The Morgan fingerprint density at radius 1 is 1.23 bits per heavy atom. The van der Waals surface area contributed by atoms with Gasteiger partial charge < -0.3 is 9.84 Å². The zero-order chi connectivity index (χ0) is 15.9. The summed E-state index contributed by atoms with van der Waals surface area (Å²) in [5, 5.41) is 21.1. The highest BCUT2D eigenvalue weighted by atomic mass is 16.6. The molecule has 1 N–H and O–H groups in total. The molecule has 2 rings (SSSR count). The van der Waals surface area contributed by atoms with Crippen molar-refractivity contribution in [3.8, 4) is 5.75 Å². The van der Waals surface area contributed by atoms with Crippen LogP contribution in [0.1, 0.15) is 37.0 Å². The van der Waals surface area contributed by atoms with Gasteiger partial charge in [-0.2, -0.15) is 0 Å². The maximum atomic E-state index is 10.9. The summed E-state index contributed by atoms with van der Waals surface area (Å²) < 4.78 is 5.72. The van der Waals surface area contributed by atoms with Crippen molar-refractivity contribution in [1.82, 2.24) is 0 Å². The summed E-state index contributed by atoms with van der Waals surface area (Å²) in [6, 6.07) is 13.9. The predicted molar refractivity (Wildman–Crippen MR) is 83.7 cm³/mol. The van der Waals surface area contributed by atoms with Gasteiger partial charge in [0.1, 0.15) is 12.4 Å². The van der Waals surface area contributed by atoms with Crippen molar-refractivity contribution in [2.75, 3.05) is 0 Å². The molecule has 0 radical (unpaired) electrons. The monoisotopic (exact) mass is 301 g/mol. The summed E-state index contributed by atoms with van der Waals surface area (Å²) in [6.45, 7) is 2.27. The van der Waals surface area contributed by atoms with E-state index in [-0.39, 0.29) is 5.69 Å². The molecule has 0 heterocycles. The van der Waals surface area contributed by atoms with Crippen LogP contribution in [0, 0.1) is 10.1 Å². The van der Waals surface area contributed by atoms with Gasteiger partial charge in [0.25, 0.3) is 5.69 Å². The number of aliphatic hydroxyl groups excluding tert-OH is 1. The highest BCUT2D eigenvalue weighted by Gasteiger charge is 2.17. The van der Waals surface area contributed by atoms with E-state index in [0.29, 0.717) is 24.3 Å². The summed E-state index contributed by atoms with van der Waals surface area (Å²) in [6.07, 6.45) is 0.715. The molecule has 1 atom stereocenters. The van der Waals surface area contributed by atoms with Crippen LogP contribution in [0.4, 0.5) is 5.69 Å². The summed E-state index contributed by atoms with van der Waals surface area (Å²) in [5.74, 6) is 0.360. The van der Waals surface area contributed by atoms with Gasteiger partial charge in [0.2, 0.25) is 0 Å². The first kappa shape index (κ1) is 16.0. The maximum absolute atomic E-state index is 10.9. The molecule has 22 heavy (non-hydrogen) atoms. The maximum Gasteiger partial charge on any atom is 0.273 e. The minimum Gasteiger partial charge on any atom is -0.488 e. The third-order valence-electron chi connectivity index (χ3n) is 3.37. The number of aliphatic hydroxyl groups is 1. The van der Waals surface area contributed by atoms with E-state index in [1.807, 2.05) is 37.3 Å². The predicted octanol–water partition coefficient (Wildman–Crippen LogP) is 4.01. The average molecular weight is 301 g/mol. The van der Waals surface area contributed by atoms with Crippen molar-refractivity contribution >= 4 is 5.69 Å². The second-order valence-electron chi connectivity index (χ2n) is 5.06. The summed E-state index contributed by atoms with van der Waals surface area (Å²) >= 11 is 0. The summed E-state index contributed by atoms with van der Waals surface area (Å²) in [7, 11) is 0. The minimum atomic E-state index is -0.684. The van der Waals surface area contributed by atoms with Crippen molar-refractivity contribution in [3.63, 3.8) is 0 Å². The first-order valence-electron chi connectivity index (χ1n) is 7.25. The molecule has 2 aromatic carbocycles. The topological polar surface area (TPSA) is 72.6 Å². The van der Waals surface area contributed by atoms with E-state index in [4.69, 9.17) is 4.74 Å². The van der Waals surface area contributed by atoms with Crippen LogP contribution < -0.4 is 4.74 Å². The van der Waals surface area contributed by atoms with Crippen LogP contribution in [0.25, 0.3) is 0 Å². The Labute approximate surface area is 129 Å². The standard InChI is InChI=1S/C17H19NO4/c1-2-6-16(19)15-10-9-14(18(20)21)11-17(15)22-12-13-7-4-3-5-8-13/h3-5,7-11,16,19H,2,6,12H2,1H3. The molecule has 5 heteroatoms. The fourth-order valence-corrected chi connectivity index (χ4v) is 2.20. The zero-order valence-corrected chi connectivity index (χ0v) is 12.4. The molecule has 116 valence electrons. The van der Waals surface area contributed by atoms with Crippen LogP contribution in [-0.4, -0.2) is 10.0 Å². The number of nitro benzene ring substituents is 1. The van der Waals surface area contributed by atoms with Crippen LogP contribution in [-0.2, 0) is 6.61 Å².